The molecule has 86 valence electrons. The van der Waals surface area contributed by atoms with E-state index in [4.69, 9.17) is 9.84 Å². The number of hydrogen-bond donors (Lipinski definition) is 1. The highest BCUT2D eigenvalue weighted by atomic mass is 16.5. The topological polar surface area (TPSA) is 46.5 Å². The quantitative estimate of drug-likeness (QED) is 0.709. The lowest BCUT2D eigenvalue weighted by Gasteiger charge is -2.28. The summed E-state index contributed by atoms with van der Waals surface area (Å²) < 4.78 is 5.52. The molecule has 0 aromatic heterocycles. The van der Waals surface area contributed by atoms with E-state index in [0.29, 0.717) is 13.0 Å². The molecule has 3 heteroatoms. The number of unbranched alkanes of at least 4 members (excludes halogenated alkanes) is 1. The second kappa shape index (κ2) is 5.31. The number of carbonyl (C=O) groups is 1. The summed E-state index contributed by atoms with van der Waals surface area (Å²) in [5, 5.41) is 8.60. The summed E-state index contributed by atoms with van der Waals surface area (Å²) in [7, 11) is 0. The molecule has 0 spiro atoms. The first-order chi connectivity index (χ1) is 7.03. The van der Waals surface area contributed by atoms with Gasteiger partial charge in [-0.25, -0.2) is 0 Å². The van der Waals surface area contributed by atoms with Crippen LogP contribution in [0.2, 0.25) is 0 Å². The first-order valence-corrected chi connectivity index (χ1v) is 5.50. The lowest BCUT2D eigenvalue weighted by Crippen LogP contribution is -2.22. The van der Waals surface area contributed by atoms with Gasteiger partial charge in [0.1, 0.15) is 5.76 Å². The molecule has 0 heterocycles. The van der Waals surface area contributed by atoms with E-state index >= 15 is 0 Å². The summed E-state index contributed by atoms with van der Waals surface area (Å²) in [6, 6.07) is 0. The minimum absolute atomic E-state index is 0.0259. The average Bonchev–Trinajstić information content (AvgIpc) is 2.09. The fraction of sp³-hybridized carbons (Fsp3) is 0.750. The Morgan fingerprint density at radius 3 is 2.73 bits per heavy atom. The molecule has 0 aromatic rings. The van der Waals surface area contributed by atoms with Crippen molar-refractivity contribution in [1.82, 2.24) is 0 Å². The summed E-state index contributed by atoms with van der Waals surface area (Å²) in [5.74, 6) is 0.956. The van der Waals surface area contributed by atoms with Crippen LogP contribution >= 0.6 is 0 Å². The van der Waals surface area contributed by atoms with Gasteiger partial charge in [0.05, 0.1) is 6.61 Å². The molecule has 0 radical (unpaired) electrons. The summed E-state index contributed by atoms with van der Waals surface area (Å²) in [6.07, 6.45) is 4.64. The van der Waals surface area contributed by atoms with Gasteiger partial charge in [-0.2, -0.15) is 0 Å². The lowest BCUT2D eigenvalue weighted by molar-refractivity contribution is -0.117. The van der Waals surface area contributed by atoms with Crippen LogP contribution in [0.25, 0.3) is 0 Å². The molecular weight excluding hydrogens is 192 g/mol. The van der Waals surface area contributed by atoms with Gasteiger partial charge in [0.2, 0.25) is 0 Å². The molecular formula is C12H20O3. The smallest absolute Gasteiger partial charge is 0.159 e. The number of allylic oxidation sites excluding steroid dienone is 2. The molecule has 0 fully saturated rings. The van der Waals surface area contributed by atoms with Crippen molar-refractivity contribution in [3.63, 3.8) is 0 Å². The average molecular weight is 212 g/mol. The molecule has 0 saturated carbocycles. The molecule has 0 aliphatic heterocycles. The molecule has 0 bridgehead atoms. The van der Waals surface area contributed by atoms with Gasteiger partial charge < -0.3 is 9.84 Å². The van der Waals surface area contributed by atoms with Crippen LogP contribution in [-0.2, 0) is 9.53 Å². The van der Waals surface area contributed by atoms with Crippen molar-refractivity contribution in [2.45, 2.75) is 39.5 Å². The molecule has 0 aromatic carbocycles. The zero-order valence-corrected chi connectivity index (χ0v) is 9.58. The third kappa shape index (κ3) is 4.47. The van der Waals surface area contributed by atoms with Gasteiger partial charge in [0, 0.05) is 25.5 Å². The number of carbonyl (C=O) groups excluding carboxylic acids is 1. The summed E-state index contributed by atoms with van der Waals surface area (Å²) >= 11 is 0. The number of rotatable bonds is 5. The minimum Gasteiger partial charge on any atom is -0.498 e. The Bertz CT molecular complexity index is 254. The molecule has 0 saturated heterocycles. The third-order valence-electron chi connectivity index (χ3n) is 2.47. The molecule has 1 aliphatic rings. The molecule has 1 rings (SSSR count). The summed E-state index contributed by atoms with van der Waals surface area (Å²) in [6.45, 7) is 4.95. The van der Waals surface area contributed by atoms with Crippen LogP contribution in [0.1, 0.15) is 39.5 Å². The van der Waals surface area contributed by atoms with Gasteiger partial charge in [-0.05, 0) is 18.3 Å². The van der Waals surface area contributed by atoms with E-state index in [2.05, 4.69) is 13.8 Å². The maximum Gasteiger partial charge on any atom is 0.159 e. The number of aliphatic hydroxyl groups is 1. The van der Waals surface area contributed by atoms with Crippen LogP contribution in [0.15, 0.2) is 11.8 Å². The highest BCUT2D eigenvalue weighted by molar-refractivity contribution is 5.91. The number of ether oxygens (including phenoxy) is 1. The van der Waals surface area contributed by atoms with Crippen molar-refractivity contribution in [2.75, 3.05) is 13.2 Å². The van der Waals surface area contributed by atoms with E-state index in [1.54, 1.807) is 6.08 Å². The van der Waals surface area contributed by atoms with Crippen LogP contribution in [-0.4, -0.2) is 24.1 Å². The minimum atomic E-state index is 0.0259. The van der Waals surface area contributed by atoms with E-state index in [0.717, 1.165) is 25.0 Å². The number of aliphatic hydroxyl groups excluding tert-OH is 1. The Hall–Kier alpha value is -0.830. The molecule has 0 unspecified atom stereocenters. The van der Waals surface area contributed by atoms with Crippen molar-refractivity contribution in [3.05, 3.63) is 11.8 Å². The second-order valence-electron chi connectivity index (χ2n) is 4.87. The highest BCUT2D eigenvalue weighted by Crippen LogP contribution is 2.33. The molecule has 0 amide bonds. The molecule has 1 aliphatic carbocycles. The van der Waals surface area contributed by atoms with E-state index in [1.165, 1.54) is 0 Å². The predicted octanol–water partition coefficient (Wildman–Crippen LogP) is 2.05. The Balaban J connectivity index is 2.37. The van der Waals surface area contributed by atoms with Gasteiger partial charge in [0.15, 0.2) is 5.78 Å². The van der Waals surface area contributed by atoms with Gasteiger partial charge in [-0.15, -0.1) is 0 Å². The summed E-state index contributed by atoms with van der Waals surface area (Å²) in [4.78, 5) is 11.4. The largest absolute Gasteiger partial charge is 0.498 e. The van der Waals surface area contributed by atoms with Crippen molar-refractivity contribution in [1.29, 1.82) is 0 Å². The SMILES string of the molecule is CC1(C)CC(=O)C=C(OCCCCO)C1. The molecule has 0 atom stereocenters. The van der Waals surface area contributed by atoms with Crippen molar-refractivity contribution >= 4 is 5.78 Å². The van der Waals surface area contributed by atoms with Crippen LogP contribution in [0.5, 0.6) is 0 Å². The molecule has 15 heavy (non-hydrogen) atoms. The fourth-order valence-corrected chi connectivity index (χ4v) is 1.80. The van der Waals surface area contributed by atoms with E-state index in [1.807, 2.05) is 0 Å². The Morgan fingerprint density at radius 2 is 2.13 bits per heavy atom. The highest BCUT2D eigenvalue weighted by Gasteiger charge is 2.28. The van der Waals surface area contributed by atoms with E-state index < -0.39 is 0 Å². The number of ketones is 1. The van der Waals surface area contributed by atoms with E-state index in [-0.39, 0.29) is 17.8 Å². The van der Waals surface area contributed by atoms with Crippen LogP contribution in [0.4, 0.5) is 0 Å². The van der Waals surface area contributed by atoms with Crippen LogP contribution in [0.3, 0.4) is 0 Å². The van der Waals surface area contributed by atoms with Crippen LogP contribution in [0, 0.1) is 5.41 Å². The van der Waals surface area contributed by atoms with Gasteiger partial charge >= 0.3 is 0 Å². The first-order valence-electron chi connectivity index (χ1n) is 5.50. The first kappa shape index (κ1) is 12.2. The molecule has 3 nitrogen and oxygen atoms in total. The zero-order valence-electron chi connectivity index (χ0n) is 9.58. The monoisotopic (exact) mass is 212 g/mol. The van der Waals surface area contributed by atoms with Crippen molar-refractivity contribution < 1.29 is 14.6 Å². The van der Waals surface area contributed by atoms with E-state index in [9.17, 15) is 4.79 Å². The number of hydrogen-bond acceptors (Lipinski definition) is 3. The third-order valence-corrected chi connectivity index (χ3v) is 2.47. The fourth-order valence-electron chi connectivity index (χ4n) is 1.80. The maximum atomic E-state index is 11.4. The van der Waals surface area contributed by atoms with Gasteiger partial charge in [-0.1, -0.05) is 13.8 Å². The zero-order chi connectivity index (χ0) is 11.3. The predicted molar refractivity (Wildman–Crippen MR) is 58.4 cm³/mol. The van der Waals surface area contributed by atoms with Crippen molar-refractivity contribution in [3.8, 4) is 0 Å². The molecule has 1 N–H and O–H groups in total. The maximum absolute atomic E-state index is 11.4. The van der Waals surface area contributed by atoms with Crippen molar-refractivity contribution in [2.24, 2.45) is 5.41 Å². The lowest BCUT2D eigenvalue weighted by atomic mass is 9.79. The standard InChI is InChI=1S/C12H20O3/c1-12(2)8-10(14)7-11(9-12)15-6-4-3-5-13/h7,13H,3-6,8-9H2,1-2H3. The second-order valence-corrected chi connectivity index (χ2v) is 4.87. The normalized spacial score (nSPS) is 19.9. The van der Waals surface area contributed by atoms with Gasteiger partial charge in [0.25, 0.3) is 0 Å². The Morgan fingerprint density at radius 1 is 1.40 bits per heavy atom. The summed E-state index contributed by atoms with van der Waals surface area (Å²) in [5.41, 5.74) is 0.0259. The van der Waals surface area contributed by atoms with Crippen LogP contribution < -0.4 is 0 Å². The Kier molecular flexibility index (Phi) is 4.33. The Labute approximate surface area is 91.1 Å². The van der Waals surface area contributed by atoms with Gasteiger partial charge in [-0.3, -0.25) is 4.79 Å².